The molecular weight excluding hydrogens is 258 g/mol. The molecule has 1 amide bonds. The van der Waals surface area contributed by atoms with Crippen molar-refractivity contribution >= 4 is 11.9 Å². The number of nitrogens with zero attached hydrogens (tertiary/aromatic N) is 1. The lowest BCUT2D eigenvalue weighted by Gasteiger charge is -2.40. The molecule has 0 radical (unpaired) electrons. The number of carbonyl (C=O) groups excluding carboxylic acids is 1. The Kier molecular flexibility index (Phi) is 4.68. The number of amides is 1. The van der Waals surface area contributed by atoms with Crippen LogP contribution in [0.1, 0.15) is 46.0 Å². The predicted octanol–water partition coefficient (Wildman–Crippen LogP) is 1.90. The van der Waals surface area contributed by atoms with Crippen LogP contribution in [0.25, 0.3) is 0 Å². The predicted molar refractivity (Wildman–Crippen MR) is 74.3 cm³/mol. The molecule has 114 valence electrons. The van der Waals surface area contributed by atoms with E-state index in [-0.39, 0.29) is 17.9 Å². The smallest absolute Gasteiger partial charge is 0.334 e. The summed E-state index contributed by atoms with van der Waals surface area (Å²) in [6.45, 7) is 5.49. The van der Waals surface area contributed by atoms with E-state index in [1.54, 1.807) is 4.90 Å². The number of rotatable bonds is 3. The lowest BCUT2D eigenvalue weighted by atomic mass is 9.67. The van der Waals surface area contributed by atoms with Gasteiger partial charge in [0.05, 0.1) is 13.2 Å². The molecule has 0 bridgehead atoms. The van der Waals surface area contributed by atoms with Gasteiger partial charge in [0.25, 0.3) is 0 Å². The van der Waals surface area contributed by atoms with Crippen molar-refractivity contribution in [3.8, 4) is 0 Å². The normalized spacial score (nSPS) is 30.0. The maximum absolute atomic E-state index is 12.4. The van der Waals surface area contributed by atoms with E-state index in [4.69, 9.17) is 9.84 Å². The second kappa shape index (κ2) is 6.12. The number of hydrogen-bond acceptors (Lipinski definition) is 3. The highest BCUT2D eigenvalue weighted by Crippen LogP contribution is 2.42. The Hall–Kier alpha value is -1.10. The number of aliphatic carboxylic acids is 1. The largest absolute Gasteiger partial charge is 0.479 e. The number of ether oxygens (including phenoxy) is 1. The molecule has 0 aromatic carbocycles. The molecule has 2 unspecified atom stereocenters. The zero-order valence-corrected chi connectivity index (χ0v) is 12.4. The standard InChI is InChI=1S/C15H25NO4/c1-15(2)6-4-3-5-11(15)9-13(17)16-7-8-20-12(10-16)14(18)19/h11-12H,3-10H2,1-2H3,(H,18,19). The fraction of sp³-hybridized carbons (Fsp3) is 0.867. The van der Waals surface area contributed by atoms with E-state index in [1.165, 1.54) is 19.3 Å². The highest BCUT2D eigenvalue weighted by molar-refractivity contribution is 5.79. The Morgan fingerprint density at radius 2 is 2.10 bits per heavy atom. The Labute approximate surface area is 120 Å². The van der Waals surface area contributed by atoms with Crippen LogP contribution in [0.5, 0.6) is 0 Å². The Morgan fingerprint density at radius 3 is 2.75 bits per heavy atom. The Morgan fingerprint density at radius 1 is 1.35 bits per heavy atom. The second-order valence-corrected chi connectivity index (χ2v) is 6.67. The van der Waals surface area contributed by atoms with Crippen LogP contribution in [0.4, 0.5) is 0 Å². The van der Waals surface area contributed by atoms with E-state index in [9.17, 15) is 9.59 Å². The van der Waals surface area contributed by atoms with Crippen LogP contribution in [-0.4, -0.2) is 47.7 Å². The van der Waals surface area contributed by atoms with Crippen molar-refractivity contribution in [1.82, 2.24) is 4.90 Å². The van der Waals surface area contributed by atoms with Gasteiger partial charge in [0.2, 0.25) is 5.91 Å². The van der Waals surface area contributed by atoms with Gasteiger partial charge in [-0.3, -0.25) is 4.79 Å². The minimum absolute atomic E-state index is 0.0829. The van der Waals surface area contributed by atoms with Gasteiger partial charge >= 0.3 is 5.97 Å². The number of carboxylic acid groups (broad SMARTS) is 1. The molecule has 1 heterocycles. The summed E-state index contributed by atoms with van der Waals surface area (Å²) in [5.74, 6) is -0.491. The van der Waals surface area contributed by atoms with Crippen molar-refractivity contribution in [2.75, 3.05) is 19.7 Å². The lowest BCUT2D eigenvalue weighted by molar-refractivity contribution is -0.160. The summed E-state index contributed by atoms with van der Waals surface area (Å²) in [6, 6.07) is 0. The highest BCUT2D eigenvalue weighted by Gasteiger charge is 2.36. The minimum atomic E-state index is -0.986. The van der Waals surface area contributed by atoms with E-state index in [1.807, 2.05) is 0 Å². The molecule has 20 heavy (non-hydrogen) atoms. The van der Waals surface area contributed by atoms with Crippen molar-refractivity contribution in [2.24, 2.45) is 11.3 Å². The lowest BCUT2D eigenvalue weighted by Crippen LogP contribution is -2.49. The van der Waals surface area contributed by atoms with Gasteiger partial charge in [0.15, 0.2) is 6.10 Å². The van der Waals surface area contributed by atoms with E-state index in [2.05, 4.69) is 13.8 Å². The fourth-order valence-electron chi connectivity index (χ4n) is 3.31. The number of hydrogen-bond donors (Lipinski definition) is 1. The first-order valence-corrected chi connectivity index (χ1v) is 7.52. The van der Waals surface area contributed by atoms with Gasteiger partial charge < -0.3 is 14.7 Å². The Bertz CT molecular complexity index is 380. The molecule has 1 aliphatic heterocycles. The molecule has 2 rings (SSSR count). The van der Waals surface area contributed by atoms with E-state index in [0.717, 1.165) is 6.42 Å². The molecule has 1 saturated carbocycles. The third kappa shape index (κ3) is 3.51. The number of carbonyl (C=O) groups is 2. The molecule has 0 spiro atoms. The second-order valence-electron chi connectivity index (χ2n) is 6.67. The van der Waals surface area contributed by atoms with Crippen molar-refractivity contribution in [3.63, 3.8) is 0 Å². The monoisotopic (exact) mass is 283 g/mol. The first-order chi connectivity index (χ1) is 9.40. The average molecular weight is 283 g/mol. The zero-order chi connectivity index (χ0) is 14.8. The van der Waals surface area contributed by atoms with Gasteiger partial charge in [-0.1, -0.05) is 26.7 Å². The summed E-state index contributed by atoms with van der Waals surface area (Å²) in [6.07, 6.45) is 4.39. The maximum atomic E-state index is 12.4. The molecule has 1 N–H and O–H groups in total. The van der Waals surface area contributed by atoms with Gasteiger partial charge in [-0.25, -0.2) is 4.79 Å². The molecule has 2 aliphatic rings. The molecular formula is C15H25NO4. The number of carboxylic acids is 1. The maximum Gasteiger partial charge on any atom is 0.334 e. The summed E-state index contributed by atoms with van der Waals surface area (Å²) < 4.78 is 5.16. The quantitative estimate of drug-likeness (QED) is 0.859. The van der Waals surface area contributed by atoms with Gasteiger partial charge in [-0.2, -0.15) is 0 Å². The van der Waals surface area contributed by atoms with Crippen LogP contribution in [0.15, 0.2) is 0 Å². The van der Waals surface area contributed by atoms with Gasteiger partial charge in [0, 0.05) is 13.0 Å². The minimum Gasteiger partial charge on any atom is -0.479 e. The fourth-order valence-corrected chi connectivity index (χ4v) is 3.31. The molecule has 0 aromatic heterocycles. The van der Waals surface area contributed by atoms with E-state index < -0.39 is 12.1 Å². The third-order valence-corrected chi connectivity index (χ3v) is 4.84. The van der Waals surface area contributed by atoms with Gasteiger partial charge in [-0.05, 0) is 24.2 Å². The third-order valence-electron chi connectivity index (χ3n) is 4.84. The van der Waals surface area contributed by atoms with Crippen molar-refractivity contribution in [3.05, 3.63) is 0 Å². The van der Waals surface area contributed by atoms with Crippen molar-refractivity contribution < 1.29 is 19.4 Å². The first-order valence-electron chi connectivity index (χ1n) is 7.52. The molecule has 2 atom stereocenters. The summed E-state index contributed by atoms with van der Waals surface area (Å²) >= 11 is 0. The van der Waals surface area contributed by atoms with E-state index >= 15 is 0 Å². The molecule has 2 fully saturated rings. The molecule has 5 heteroatoms. The SMILES string of the molecule is CC1(C)CCCCC1CC(=O)N1CCOC(C(=O)O)C1. The van der Waals surface area contributed by atoms with Gasteiger partial charge in [0.1, 0.15) is 0 Å². The van der Waals surface area contributed by atoms with Crippen molar-refractivity contribution in [1.29, 1.82) is 0 Å². The average Bonchev–Trinajstić information content (AvgIpc) is 2.41. The highest BCUT2D eigenvalue weighted by atomic mass is 16.5. The topological polar surface area (TPSA) is 66.8 Å². The molecule has 1 saturated heterocycles. The molecule has 5 nitrogen and oxygen atoms in total. The van der Waals surface area contributed by atoms with Gasteiger partial charge in [-0.15, -0.1) is 0 Å². The van der Waals surface area contributed by atoms with Crippen LogP contribution in [0, 0.1) is 11.3 Å². The molecule has 1 aliphatic carbocycles. The van der Waals surface area contributed by atoms with Crippen LogP contribution in [0.2, 0.25) is 0 Å². The zero-order valence-electron chi connectivity index (χ0n) is 12.4. The van der Waals surface area contributed by atoms with Crippen LogP contribution >= 0.6 is 0 Å². The summed E-state index contributed by atoms with van der Waals surface area (Å²) in [5.41, 5.74) is 0.215. The molecule has 0 aromatic rings. The van der Waals surface area contributed by atoms with Crippen LogP contribution in [0.3, 0.4) is 0 Å². The van der Waals surface area contributed by atoms with Crippen LogP contribution in [-0.2, 0) is 14.3 Å². The summed E-state index contributed by atoms with van der Waals surface area (Å²) in [7, 11) is 0. The Balaban J connectivity index is 1.92. The first kappa shape index (κ1) is 15.3. The van der Waals surface area contributed by atoms with Crippen LogP contribution < -0.4 is 0 Å². The van der Waals surface area contributed by atoms with Crippen molar-refractivity contribution in [2.45, 2.75) is 52.1 Å². The summed E-state index contributed by atoms with van der Waals surface area (Å²) in [4.78, 5) is 25.0. The van der Waals surface area contributed by atoms with E-state index in [0.29, 0.717) is 25.5 Å². The summed E-state index contributed by atoms with van der Waals surface area (Å²) in [5, 5.41) is 8.98. The number of morpholine rings is 1.